The Morgan fingerprint density at radius 1 is 0.397 bits per heavy atom. The number of para-hydroxylation sites is 1. The van der Waals surface area contributed by atoms with Crippen LogP contribution in [0.4, 0.5) is 0 Å². The first-order chi connectivity index (χ1) is 28.7. The van der Waals surface area contributed by atoms with Gasteiger partial charge in [-0.1, -0.05) is 164 Å². The zero-order chi connectivity index (χ0) is 38.4. The Bertz CT molecular complexity index is 3320. The first-order valence-electron chi connectivity index (χ1n) is 19.5. The topological polar surface area (TPSA) is 67.4 Å². The van der Waals surface area contributed by atoms with Gasteiger partial charge in [0.05, 0.1) is 28.1 Å². The average molecular weight is 738 g/mol. The Hall–Kier alpha value is -7.94. The van der Waals surface area contributed by atoms with Crippen molar-refractivity contribution < 1.29 is 0 Å². The van der Waals surface area contributed by atoms with Crippen molar-refractivity contribution in [2.75, 3.05) is 0 Å². The quantitative estimate of drug-likeness (QED) is 0.180. The molecule has 0 atom stereocenters. The Kier molecular flexibility index (Phi) is 6.84. The molecule has 0 fully saturated rings. The second-order valence-electron chi connectivity index (χ2n) is 15.0. The molecule has 2 aromatic heterocycles. The van der Waals surface area contributed by atoms with Crippen LogP contribution < -0.4 is 0 Å². The molecule has 268 valence electrons. The summed E-state index contributed by atoms with van der Waals surface area (Å²) in [5.74, 6) is 1.62. The molecule has 2 aliphatic rings. The zero-order valence-corrected chi connectivity index (χ0v) is 31.1. The number of hydrogen-bond donors (Lipinski definition) is 0. The molecule has 1 spiro atoms. The van der Waals surface area contributed by atoms with Crippen molar-refractivity contribution in [3.05, 3.63) is 216 Å². The van der Waals surface area contributed by atoms with E-state index in [0.29, 0.717) is 23.2 Å². The number of fused-ring (bicyclic) bond motifs is 13. The molecule has 58 heavy (non-hydrogen) atoms. The first kappa shape index (κ1) is 32.3. The van der Waals surface area contributed by atoms with E-state index in [9.17, 15) is 5.26 Å². The normalized spacial score (nSPS) is 12.9. The van der Waals surface area contributed by atoms with Gasteiger partial charge < -0.3 is 0 Å². The standard InChI is InChI=1S/C53H31N5/c54-32-34-18-4-5-19-35(34)36-20-6-7-25-41(36)51-55-50(33-16-2-1-3-17-33)56-52(57-51)58-48-29-15-11-24-40(48)43-30-47-42(31-49(43)58)39-23-10-14-28-46(39)53(47)44-26-12-8-21-37(44)38-22-9-13-27-45(38)53/h1-31H. The molecule has 0 bridgehead atoms. The highest BCUT2D eigenvalue weighted by Crippen LogP contribution is 2.63. The van der Waals surface area contributed by atoms with E-state index in [1.807, 2.05) is 78.9 Å². The highest BCUT2D eigenvalue weighted by atomic mass is 15.2. The molecule has 12 rings (SSSR count). The van der Waals surface area contributed by atoms with Crippen LogP contribution in [-0.2, 0) is 5.41 Å². The van der Waals surface area contributed by atoms with Gasteiger partial charge in [-0.15, -0.1) is 0 Å². The summed E-state index contributed by atoms with van der Waals surface area (Å²) in [6.45, 7) is 0. The maximum atomic E-state index is 10.1. The molecule has 5 heteroatoms. The summed E-state index contributed by atoms with van der Waals surface area (Å²) >= 11 is 0. The molecule has 10 aromatic rings. The van der Waals surface area contributed by atoms with Crippen molar-refractivity contribution in [1.82, 2.24) is 19.5 Å². The van der Waals surface area contributed by atoms with Gasteiger partial charge in [0.15, 0.2) is 11.6 Å². The number of nitriles is 1. The zero-order valence-electron chi connectivity index (χ0n) is 31.1. The summed E-state index contributed by atoms with van der Waals surface area (Å²) < 4.78 is 2.21. The largest absolute Gasteiger partial charge is 0.278 e. The van der Waals surface area contributed by atoms with Crippen LogP contribution >= 0.6 is 0 Å². The molecule has 0 unspecified atom stereocenters. The SMILES string of the molecule is N#Cc1ccccc1-c1ccccc1-c1nc(-c2ccccc2)nc(-n2c3ccccc3c3cc4c(cc32)-c2ccccc2C42c3ccccc3-c3ccccc32)n1. The third-order valence-electron chi connectivity index (χ3n) is 12.2. The highest BCUT2D eigenvalue weighted by molar-refractivity contribution is 6.12. The predicted molar refractivity (Wildman–Crippen MR) is 231 cm³/mol. The van der Waals surface area contributed by atoms with Gasteiger partial charge in [-0.2, -0.15) is 15.2 Å². The number of aromatic nitrogens is 4. The third-order valence-corrected chi connectivity index (χ3v) is 12.2. The summed E-state index contributed by atoms with van der Waals surface area (Å²) in [4.78, 5) is 15.7. The van der Waals surface area contributed by atoms with Crippen LogP contribution in [0, 0.1) is 11.3 Å². The Labute approximate surface area is 334 Å². The minimum absolute atomic E-state index is 0.458. The minimum Gasteiger partial charge on any atom is -0.278 e. The second kappa shape index (κ2) is 12.3. The van der Waals surface area contributed by atoms with Gasteiger partial charge in [-0.25, -0.2) is 4.98 Å². The molecule has 0 radical (unpaired) electrons. The maximum absolute atomic E-state index is 10.1. The van der Waals surface area contributed by atoms with Gasteiger partial charge >= 0.3 is 0 Å². The first-order valence-corrected chi connectivity index (χ1v) is 19.5. The van der Waals surface area contributed by atoms with E-state index < -0.39 is 5.41 Å². The van der Waals surface area contributed by atoms with Crippen LogP contribution in [-0.4, -0.2) is 19.5 Å². The van der Waals surface area contributed by atoms with Gasteiger partial charge in [-0.3, -0.25) is 4.57 Å². The van der Waals surface area contributed by atoms with Crippen LogP contribution in [0.2, 0.25) is 0 Å². The Morgan fingerprint density at radius 2 is 0.931 bits per heavy atom. The fraction of sp³-hybridized carbons (Fsp3) is 0.0189. The van der Waals surface area contributed by atoms with E-state index in [0.717, 1.165) is 44.1 Å². The maximum Gasteiger partial charge on any atom is 0.238 e. The number of benzene rings is 8. The van der Waals surface area contributed by atoms with Crippen molar-refractivity contribution in [1.29, 1.82) is 5.26 Å². The lowest BCUT2D eigenvalue weighted by atomic mass is 9.70. The molecule has 8 aromatic carbocycles. The average Bonchev–Trinajstić information content (AvgIpc) is 3.90. The summed E-state index contributed by atoms with van der Waals surface area (Å²) in [6, 6.07) is 68.3. The fourth-order valence-corrected chi connectivity index (χ4v) is 9.80. The van der Waals surface area contributed by atoms with E-state index >= 15 is 0 Å². The summed E-state index contributed by atoms with van der Waals surface area (Å²) in [7, 11) is 0. The van der Waals surface area contributed by atoms with Crippen LogP contribution in [0.1, 0.15) is 27.8 Å². The van der Waals surface area contributed by atoms with E-state index in [4.69, 9.17) is 15.0 Å². The highest BCUT2D eigenvalue weighted by Gasteiger charge is 2.51. The molecule has 0 saturated heterocycles. The predicted octanol–water partition coefficient (Wildman–Crippen LogP) is 12.2. The lowest BCUT2D eigenvalue weighted by Gasteiger charge is -2.30. The van der Waals surface area contributed by atoms with E-state index in [1.165, 1.54) is 44.5 Å². The summed E-state index contributed by atoms with van der Waals surface area (Å²) in [6.07, 6.45) is 0. The van der Waals surface area contributed by atoms with Crippen molar-refractivity contribution >= 4 is 21.8 Å². The van der Waals surface area contributed by atoms with Crippen LogP contribution in [0.25, 0.3) is 83.9 Å². The Balaban J connectivity index is 1.17. The van der Waals surface area contributed by atoms with Crippen molar-refractivity contribution in [3.63, 3.8) is 0 Å². The van der Waals surface area contributed by atoms with Crippen LogP contribution in [0.5, 0.6) is 0 Å². The summed E-state index contributed by atoms with van der Waals surface area (Å²) in [5, 5.41) is 12.4. The van der Waals surface area contributed by atoms with Gasteiger partial charge in [0, 0.05) is 27.5 Å². The summed E-state index contributed by atoms with van der Waals surface area (Å²) in [5.41, 5.74) is 15.8. The smallest absolute Gasteiger partial charge is 0.238 e. The van der Waals surface area contributed by atoms with E-state index in [1.54, 1.807) is 0 Å². The van der Waals surface area contributed by atoms with Crippen molar-refractivity contribution in [2.24, 2.45) is 0 Å². The number of hydrogen-bond acceptors (Lipinski definition) is 4. The van der Waals surface area contributed by atoms with Crippen molar-refractivity contribution in [3.8, 4) is 68.2 Å². The van der Waals surface area contributed by atoms with Crippen LogP contribution in [0.3, 0.4) is 0 Å². The molecule has 2 aliphatic carbocycles. The van der Waals surface area contributed by atoms with Gasteiger partial charge in [0.1, 0.15) is 0 Å². The number of rotatable bonds is 4. The molecule has 0 amide bonds. The minimum atomic E-state index is -0.458. The number of nitrogens with zero attached hydrogens (tertiary/aromatic N) is 5. The molecule has 5 nitrogen and oxygen atoms in total. The molecule has 0 N–H and O–H groups in total. The van der Waals surface area contributed by atoms with Gasteiger partial charge in [0.25, 0.3) is 0 Å². The van der Waals surface area contributed by atoms with Gasteiger partial charge in [0.2, 0.25) is 5.95 Å². The lowest BCUT2D eigenvalue weighted by Crippen LogP contribution is -2.25. The molecule has 2 heterocycles. The van der Waals surface area contributed by atoms with Crippen LogP contribution in [0.15, 0.2) is 188 Å². The van der Waals surface area contributed by atoms with E-state index in [2.05, 4.69) is 120 Å². The Morgan fingerprint density at radius 3 is 1.62 bits per heavy atom. The molecule has 0 aliphatic heterocycles. The lowest BCUT2D eigenvalue weighted by molar-refractivity contribution is 0.795. The molecular formula is C53H31N5. The van der Waals surface area contributed by atoms with Gasteiger partial charge in [-0.05, 0) is 74.3 Å². The second-order valence-corrected chi connectivity index (χ2v) is 15.0. The molecular weight excluding hydrogens is 707 g/mol. The van der Waals surface area contributed by atoms with E-state index in [-0.39, 0.29) is 0 Å². The molecule has 0 saturated carbocycles. The van der Waals surface area contributed by atoms with Crippen molar-refractivity contribution in [2.45, 2.75) is 5.41 Å². The monoisotopic (exact) mass is 737 g/mol. The third kappa shape index (κ3) is 4.37. The fourth-order valence-electron chi connectivity index (χ4n) is 9.80.